The summed E-state index contributed by atoms with van der Waals surface area (Å²) in [7, 11) is 0. The zero-order valence-corrected chi connectivity index (χ0v) is 17.5. The van der Waals surface area contributed by atoms with Gasteiger partial charge in [0.05, 0.1) is 22.2 Å². The summed E-state index contributed by atoms with van der Waals surface area (Å²) >= 11 is 12.9. The summed E-state index contributed by atoms with van der Waals surface area (Å²) in [6.07, 6.45) is 1.57. The Labute approximate surface area is 181 Å². The van der Waals surface area contributed by atoms with Crippen LogP contribution in [-0.4, -0.2) is 30.3 Å². The largest absolute Gasteiger partial charge is 0.480 e. The zero-order chi connectivity index (χ0) is 21.0. The number of ether oxygens (including phenoxy) is 2. The lowest BCUT2D eigenvalue weighted by Crippen LogP contribution is -2.27. The summed E-state index contributed by atoms with van der Waals surface area (Å²) < 4.78 is 10.1. The molecule has 0 N–H and O–H groups in total. The maximum absolute atomic E-state index is 12.7. The van der Waals surface area contributed by atoms with Gasteiger partial charge in [0.25, 0.3) is 11.1 Å². The van der Waals surface area contributed by atoms with Crippen LogP contribution in [0.4, 0.5) is 10.5 Å². The molecule has 1 fully saturated rings. The van der Waals surface area contributed by atoms with Gasteiger partial charge in [0.1, 0.15) is 5.75 Å². The van der Waals surface area contributed by atoms with Crippen molar-refractivity contribution in [3.05, 3.63) is 63.0 Å². The average Bonchev–Trinajstić information content (AvgIpc) is 2.95. The molecule has 1 aliphatic rings. The number of carbonyl (C=O) groups excluding carboxylic acids is 3. The summed E-state index contributed by atoms with van der Waals surface area (Å²) in [6, 6.07) is 11.3. The van der Waals surface area contributed by atoms with E-state index in [1.54, 1.807) is 55.5 Å². The van der Waals surface area contributed by atoms with E-state index in [0.717, 1.165) is 16.7 Å². The van der Waals surface area contributed by atoms with E-state index < -0.39 is 17.1 Å². The van der Waals surface area contributed by atoms with Crippen molar-refractivity contribution in [2.45, 2.75) is 6.92 Å². The maximum Gasteiger partial charge on any atom is 0.344 e. The summed E-state index contributed by atoms with van der Waals surface area (Å²) in [5, 5.41) is 0.375. The number of amides is 2. The van der Waals surface area contributed by atoms with Crippen molar-refractivity contribution in [1.82, 2.24) is 0 Å². The minimum Gasteiger partial charge on any atom is -0.480 e. The number of imide groups is 1. The first-order chi connectivity index (χ1) is 13.9. The van der Waals surface area contributed by atoms with E-state index in [-0.39, 0.29) is 23.1 Å². The van der Waals surface area contributed by atoms with Gasteiger partial charge in [0, 0.05) is 5.02 Å². The van der Waals surface area contributed by atoms with Crippen LogP contribution < -0.4 is 9.64 Å². The molecule has 0 atom stereocenters. The number of nitrogens with zero attached hydrogens (tertiary/aromatic N) is 1. The van der Waals surface area contributed by atoms with Crippen LogP contribution in [0.15, 0.2) is 47.4 Å². The fourth-order valence-corrected chi connectivity index (χ4v) is 3.71. The minimum atomic E-state index is -0.497. The first-order valence-corrected chi connectivity index (χ1v) is 10.1. The van der Waals surface area contributed by atoms with Crippen molar-refractivity contribution < 1.29 is 23.9 Å². The van der Waals surface area contributed by atoms with Gasteiger partial charge in [0.15, 0.2) is 6.61 Å². The van der Waals surface area contributed by atoms with E-state index in [4.69, 9.17) is 32.7 Å². The highest BCUT2D eigenvalue weighted by atomic mass is 35.5. The first kappa shape index (κ1) is 21.2. The Hall–Kier alpha value is -2.48. The molecule has 9 heteroatoms. The second kappa shape index (κ2) is 9.35. The number of carbonyl (C=O) groups is 3. The lowest BCUT2D eigenvalue weighted by Gasteiger charge is -2.12. The van der Waals surface area contributed by atoms with Crippen LogP contribution >= 0.6 is 35.0 Å². The third-order valence-electron chi connectivity index (χ3n) is 3.78. The van der Waals surface area contributed by atoms with Gasteiger partial charge in [-0.2, -0.15) is 0 Å². The standard InChI is InChI=1S/C20H15Cl2NO5S/c1-2-27-18(24)11-28-16-8-3-12(9-15(16)22)10-17-19(25)23(20(26)29-17)14-6-4-13(21)5-7-14/h3-10H,2,11H2,1H3. The zero-order valence-electron chi connectivity index (χ0n) is 15.2. The van der Waals surface area contributed by atoms with E-state index in [1.165, 1.54) is 0 Å². The molecule has 0 bridgehead atoms. The molecule has 150 valence electrons. The van der Waals surface area contributed by atoms with Crippen molar-refractivity contribution in [3.8, 4) is 5.75 Å². The van der Waals surface area contributed by atoms with Crippen LogP contribution in [0.2, 0.25) is 10.0 Å². The number of anilines is 1. The quantitative estimate of drug-likeness (QED) is 0.445. The fourth-order valence-electron chi connectivity index (χ4n) is 2.50. The van der Waals surface area contributed by atoms with Crippen LogP contribution in [0.1, 0.15) is 12.5 Å². The Bertz CT molecular complexity index is 991. The average molecular weight is 452 g/mol. The number of esters is 1. The van der Waals surface area contributed by atoms with Crippen LogP contribution in [0.5, 0.6) is 5.75 Å². The molecule has 0 spiro atoms. The molecule has 29 heavy (non-hydrogen) atoms. The molecule has 0 aliphatic carbocycles. The lowest BCUT2D eigenvalue weighted by molar-refractivity contribution is -0.145. The molecule has 0 unspecified atom stereocenters. The monoisotopic (exact) mass is 451 g/mol. The fraction of sp³-hybridized carbons (Fsp3) is 0.150. The van der Waals surface area contributed by atoms with Gasteiger partial charge in [-0.15, -0.1) is 0 Å². The highest BCUT2D eigenvalue weighted by molar-refractivity contribution is 8.19. The minimum absolute atomic E-state index is 0.257. The van der Waals surface area contributed by atoms with Gasteiger partial charge in [-0.1, -0.05) is 29.3 Å². The van der Waals surface area contributed by atoms with Crippen molar-refractivity contribution in [2.24, 2.45) is 0 Å². The number of thioether (sulfide) groups is 1. The van der Waals surface area contributed by atoms with E-state index >= 15 is 0 Å². The number of benzene rings is 2. The van der Waals surface area contributed by atoms with Crippen LogP contribution in [0.3, 0.4) is 0 Å². The van der Waals surface area contributed by atoms with Crippen molar-refractivity contribution in [3.63, 3.8) is 0 Å². The Morgan fingerprint density at radius 1 is 1.14 bits per heavy atom. The third-order valence-corrected chi connectivity index (χ3v) is 5.20. The van der Waals surface area contributed by atoms with E-state index in [1.807, 2.05) is 0 Å². The molecular weight excluding hydrogens is 437 g/mol. The molecule has 1 saturated heterocycles. The number of rotatable bonds is 6. The Kier molecular flexibility index (Phi) is 6.84. The predicted molar refractivity (Wildman–Crippen MR) is 113 cm³/mol. The SMILES string of the molecule is CCOC(=O)COc1ccc(C=C2SC(=O)N(c3ccc(Cl)cc3)C2=O)cc1Cl. The van der Waals surface area contributed by atoms with Crippen molar-refractivity contribution >= 4 is 63.8 Å². The topological polar surface area (TPSA) is 72.9 Å². The van der Waals surface area contributed by atoms with Crippen LogP contribution in [-0.2, 0) is 14.3 Å². The maximum atomic E-state index is 12.7. The highest BCUT2D eigenvalue weighted by Gasteiger charge is 2.36. The Morgan fingerprint density at radius 3 is 2.52 bits per heavy atom. The Balaban J connectivity index is 1.75. The van der Waals surface area contributed by atoms with Gasteiger partial charge in [-0.3, -0.25) is 9.59 Å². The van der Waals surface area contributed by atoms with Gasteiger partial charge < -0.3 is 9.47 Å². The molecule has 2 aromatic carbocycles. The second-order valence-corrected chi connectivity index (χ2v) is 7.61. The van der Waals surface area contributed by atoms with Gasteiger partial charge in [-0.05, 0) is 66.7 Å². The summed E-state index contributed by atoms with van der Waals surface area (Å²) in [6.45, 7) is 1.71. The molecule has 1 heterocycles. The number of halogens is 2. The van der Waals surface area contributed by atoms with Gasteiger partial charge in [-0.25, -0.2) is 9.69 Å². The normalized spacial score (nSPS) is 15.1. The van der Waals surface area contributed by atoms with Gasteiger partial charge in [0.2, 0.25) is 0 Å². The molecule has 2 amide bonds. The molecule has 3 rings (SSSR count). The second-order valence-electron chi connectivity index (χ2n) is 5.78. The predicted octanol–water partition coefficient (Wildman–Crippen LogP) is 5.18. The molecular formula is C20H15Cl2NO5S. The summed E-state index contributed by atoms with van der Waals surface area (Å²) in [5.74, 6) is -0.615. The number of hydrogen-bond acceptors (Lipinski definition) is 6. The molecule has 1 aliphatic heterocycles. The van der Waals surface area contributed by atoms with Crippen molar-refractivity contribution in [2.75, 3.05) is 18.1 Å². The summed E-state index contributed by atoms with van der Waals surface area (Å²) in [5.41, 5.74) is 1.06. The molecule has 2 aromatic rings. The first-order valence-electron chi connectivity index (χ1n) is 8.50. The Morgan fingerprint density at radius 2 is 1.86 bits per heavy atom. The molecule has 6 nitrogen and oxygen atoms in total. The molecule has 0 saturated carbocycles. The molecule has 0 aromatic heterocycles. The highest BCUT2D eigenvalue weighted by Crippen LogP contribution is 2.36. The van der Waals surface area contributed by atoms with Crippen LogP contribution in [0.25, 0.3) is 6.08 Å². The van der Waals surface area contributed by atoms with Gasteiger partial charge >= 0.3 is 5.97 Å². The van der Waals surface area contributed by atoms with E-state index in [0.29, 0.717) is 22.0 Å². The third kappa shape index (κ3) is 5.12. The lowest BCUT2D eigenvalue weighted by atomic mass is 10.2. The molecule has 0 radical (unpaired) electrons. The summed E-state index contributed by atoms with van der Waals surface area (Å²) in [4.78, 5) is 37.7. The number of hydrogen-bond donors (Lipinski definition) is 0. The van der Waals surface area contributed by atoms with Crippen LogP contribution in [0, 0.1) is 0 Å². The van der Waals surface area contributed by atoms with E-state index in [9.17, 15) is 14.4 Å². The smallest absolute Gasteiger partial charge is 0.344 e. The van der Waals surface area contributed by atoms with E-state index in [2.05, 4.69) is 0 Å². The van der Waals surface area contributed by atoms with Crippen molar-refractivity contribution in [1.29, 1.82) is 0 Å².